The molecule has 0 aromatic carbocycles. The van der Waals surface area contributed by atoms with Gasteiger partial charge in [-0.05, 0) is 25.0 Å². The highest BCUT2D eigenvalue weighted by molar-refractivity contribution is 7.98. The van der Waals surface area contributed by atoms with Crippen molar-refractivity contribution in [3.8, 4) is 0 Å². The van der Waals surface area contributed by atoms with Crippen molar-refractivity contribution in [3.05, 3.63) is 27.9 Å². The average molecular weight is 224 g/mol. The second kappa shape index (κ2) is 4.84. The molecule has 1 N–H and O–H groups in total. The van der Waals surface area contributed by atoms with Crippen molar-refractivity contribution in [2.75, 3.05) is 5.75 Å². The summed E-state index contributed by atoms with van der Waals surface area (Å²) in [6, 6.07) is 1.64. The van der Waals surface area contributed by atoms with E-state index in [0.717, 1.165) is 29.4 Å². The highest BCUT2D eigenvalue weighted by Gasteiger charge is 2.25. The molecule has 1 saturated carbocycles. The van der Waals surface area contributed by atoms with Crippen molar-refractivity contribution >= 4 is 11.8 Å². The first-order chi connectivity index (χ1) is 7.29. The van der Waals surface area contributed by atoms with E-state index in [0.29, 0.717) is 5.92 Å². The normalized spacial score (nSPS) is 15.5. The number of aromatic amines is 1. The van der Waals surface area contributed by atoms with Gasteiger partial charge in [0.15, 0.2) is 0 Å². The van der Waals surface area contributed by atoms with E-state index in [1.807, 2.05) is 11.8 Å². The predicted octanol–water partition coefficient (Wildman–Crippen LogP) is 2.29. The molecule has 1 fully saturated rings. The highest BCUT2D eigenvalue weighted by Crippen LogP contribution is 2.38. The van der Waals surface area contributed by atoms with E-state index < -0.39 is 0 Å². The fraction of sp³-hybridized carbons (Fsp3) is 0.636. The Bertz CT molecular complexity index is 384. The first-order valence-corrected chi connectivity index (χ1v) is 6.63. The van der Waals surface area contributed by atoms with Gasteiger partial charge in [0.05, 0.1) is 11.4 Å². The van der Waals surface area contributed by atoms with Crippen molar-refractivity contribution in [1.29, 1.82) is 0 Å². The Morgan fingerprint density at radius 1 is 1.60 bits per heavy atom. The summed E-state index contributed by atoms with van der Waals surface area (Å²) >= 11 is 1.82. The fourth-order valence-electron chi connectivity index (χ4n) is 1.50. The Balaban J connectivity index is 2.06. The predicted molar refractivity (Wildman–Crippen MR) is 63.3 cm³/mol. The van der Waals surface area contributed by atoms with Crippen LogP contribution < -0.4 is 5.56 Å². The minimum atomic E-state index is -0.000927. The molecule has 15 heavy (non-hydrogen) atoms. The molecule has 1 aliphatic rings. The molecule has 0 radical (unpaired) electrons. The monoisotopic (exact) mass is 224 g/mol. The smallest absolute Gasteiger partial charge is 0.251 e. The van der Waals surface area contributed by atoms with E-state index >= 15 is 0 Å². The van der Waals surface area contributed by atoms with Gasteiger partial charge in [-0.3, -0.25) is 4.79 Å². The van der Waals surface area contributed by atoms with E-state index in [1.54, 1.807) is 6.07 Å². The number of hydrogen-bond acceptors (Lipinski definition) is 3. The average Bonchev–Trinajstić information content (AvgIpc) is 3.00. The van der Waals surface area contributed by atoms with Crippen molar-refractivity contribution < 1.29 is 0 Å². The molecule has 0 bridgehead atoms. The molecule has 0 amide bonds. The van der Waals surface area contributed by atoms with Crippen LogP contribution in [0.1, 0.15) is 43.6 Å². The quantitative estimate of drug-likeness (QED) is 0.780. The Morgan fingerprint density at radius 3 is 3.07 bits per heavy atom. The fourth-order valence-corrected chi connectivity index (χ4v) is 2.26. The van der Waals surface area contributed by atoms with E-state index in [4.69, 9.17) is 0 Å². The largest absolute Gasteiger partial charge is 0.310 e. The highest BCUT2D eigenvalue weighted by atomic mass is 32.2. The van der Waals surface area contributed by atoms with Crippen LogP contribution in [-0.4, -0.2) is 15.7 Å². The summed E-state index contributed by atoms with van der Waals surface area (Å²) in [7, 11) is 0. The second-order valence-electron chi connectivity index (χ2n) is 3.94. The number of hydrogen-bond donors (Lipinski definition) is 1. The molecule has 0 aliphatic heterocycles. The van der Waals surface area contributed by atoms with Crippen LogP contribution in [0, 0.1) is 0 Å². The number of thioether (sulfide) groups is 1. The Morgan fingerprint density at radius 2 is 2.40 bits per heavy atom. The third kappa shape index (κ3) is 3.09. The van der Waals surface area contributed by atoms with Gasteiger partial charge in [0.25, 0.3) is 5.56 Å². The van der Waals surface area contributed by atoms with Crippen LogP contribution in [0.2, 0.25) is 0 Å². The van der Waals surface area contributed by atoms with Crippen molar-refractivity contribution in [2.24, 2.45) is 0 Å². The van der Waals surface area contributed by atoms with Crippen LogP contribution in [0.15, 0.2) is 10.9 Å². The van der Waals surface area contributed by atoms with Gasteiger partial charge in [-0.25, -0.2) is 4.98 Å². The number of aromatic nitrogens is 2. The van der Waals surface area contributed by atoms with Gasteiger partial charge in [0.1, 0.15) is 5.82 Å². The van der Waals surface area contributed by atoms with Crippen LogP contribution >= 0.6 is 11.8 Å². The van der Waals surface area contributed by atoms with Gasteiger partial charge in [0.2, 0.25) is 0 Å². The van der Waals surface area contributed by atoms with Crippen molar-refractivity contribution in [1.82, 2.24) is 9.97 Å². The summed E-state index contributed by atoms with van der Waals surface area (Å²) in [5.74, 6) is 3.34. The summed E-state index contributed by atoms with van der Waals surface area (Å²) in [5, 5.41) is 0. The lowest BCUT2D eigenvalue weighted by molar-refractivity contribution is 0.912. The molecule has 1 aromatic heterocycles. The van der Waals surface area contributed by atoms with Gasteiger partial charge in [-0.15, -0.1) is 0 Å². The zero-order valence-electron chi connectivity index (χ0n) is 8.95. The third-order valence-electron chi connectivity index (χ3n) is 2.39. The number of nitrogens with zero attached hydrogens (tertiary/aromatic N) is 1. The van der Waals surface area contributed by atoms with Crippen LogP contribution in [0.3, 0.4) is 0 Å². The first-order valence-electron chi connectivity index (χ1n) is 5.47. The lowest BCUT2D eigenvalue weighted by atomic mass is 10.3. The van der Waals surface area contributed by atoms with Crippen LogP contribution in [0.25, 0.3) is 0 Å². The zero-order chi connectivity index (χ0) is 10.7. The van der Waals surface area contributed by atoms with Gasteiger partial charge in [-0.2, -0.15) is 11.8 Å². The Kier molecular flexibility index (Phi) is 3.46. The molecule has 0 unspecified atom stereocenters. The minimum absolute atomic E-state index is 0.000927. The number of H-pyrrole nitrogens is 1. The maximum absolute atomic E-state index is 11.4. The van der Waals surface area contributed by atoms with Gasteiger partial charge < -0.3 is 4.98 Å². The summed E-state index contributed by atoms with van der Waals surface area (Å²) in [6.45, 7) is 2.16. The lowest BCUT2D eigenvalue weighted by Gasteiger charge is -2.02. The Hall–Kier alpha value is -0.770. The van der Waals surface area contributed by atoms with E-state index in [9.17, 15) is 4.79 Å². The maximum Gasteiger partial charge on any atom is 0.251 e. The minimum Gasteiger partial charge on any atom is -0.310 e. The summed E-state index contributed by atoms with van der Waals surface area (Å²) in [4.78, 5) is 18.7. The molecular weight excluding hydrogens is 208 g/mol. The molecule has 3 nitrogen and oxygen atoms in total. The molecule has 0 saturated heterocycles. The van der Waals surface area contributed by atoms with Crippen molar-refractivity contribution in [2.45, 2.75) is 37.9 Å². The number of nitrogens with one attached hydrogen (secondary N) is 1. The van der Waals surface area contributed by atoms with Crippen molar-refractivity contribution in [3.63, 3.8) is 0 Å². The van der Waals surface area contributed by atoms with E-state index in [2.05, 4.69) is 16.9 Å². The second-order valence-corrected chi connectivity index (χ2v) is 5.05. The topological polar surface area (TPSA) is 45.8 Å². The SMILES string of the molecule is CCCSCc1nc(C2CC2)cc(=O)[nH]1. The van der Waals surface area contributed by atoms with E-state index in [1.165, 1.54) is 12.8 Å². The molecule has 1 heterocycles. The van der Waals surface area contributed by atoms with Crippen LogP contribution in [0.4, 0.5) is 0 Å². The molecule has 0 spiro atoms. The standard InChI is InChI=1S/C11H16N2OS/c1-2-5-15-7-10-12-9(8-3-4-8)6-11(14)13-10/h6,8H,2-5,7H2,1H3,(H,12,13,14). The van der Waals surface area contributed by atoms with Crippen LogP contribution in [0.5, 0.6) is 0 Å². The summed E-state index contributed by atoms with van der Waals surface area (Å²) in [5.41, 5.74) is 0.991. The number of rotatable bonds is 5. The maximum atomic E-state index is 11.4. The van der Waals surface area contributed by atoms with Gasteiger partial charge in [0, 0.05) is 12.0 Å². The summed E-state index contributed by atoms with van der Waals surface area (Å²) in [6.07, 6.45) is 3.55. The van der Waals surface area contributed by atoms with E-state index in [-0.39, 0.29) is 5.56 Å². The van der Waals surface area contributed by atoms with Gasteiger partial charge >= 0.3 is 0 Å². The summed E-state index contributed by atoms with van der Waals surface area (Å²) < 4.78 is 0. The molecule has 0 atom stereocenters. The lowest BCUT2D eigenvalue weighted by Crippen LogP contribution is -2.11. The molecule has 1 aliphatic carbocycles. The molecule has 4 heteroatoms. The van der Waals surface area contributed by atoms with Gasteiger partial charge in [-0.1, -0.05) is 6.92 Å². The molecule has 82 valence electrons. The first kappa shape index (κ1) is 10.7. The Labute approximate surface area is 93.7 Å². The molecule has 2 rings (SSSR count). The van der Waals surface area contributed by atoms with Crippen LogP contribution in [-0.2, 0) is 5.75 Å². The zero-order valence-corrected chi connectivity index (χ0v) is 9.77. The third-order valence-corrected chi connectivity index (χ3v) is 3.57. The molecular formula is C11H16N2OS. The molecule has 1 aromatic rings.